The van der Waals surface area contributed by atoms with Gasteiger partial charge in [-0.25, -0.2) is 4.39 Å². The Kier molecular flexibility index (Phi) is 7.78. The maximum Gasteiger partial charge on any atom is 0.290 e. The number of nitrogens with one attached hydrogen (secondary N) is 1. The van der Waals surface area contributed by atoms with E-state index >= 15 is 0 Å². The summed E-state index contributed by atoms with van der Waals surface area (Å²) in [6.45, 7) is 2.33. The van der Waals surface area contributed by atoms with Crippen LogP contribution >= 0.6 is 0 Å². The lowest BCUT2D eigenvalue weighted by atomic mass is 9.94. The molecule has 1 heterocycles. The molecular formula is C28H31FN2O3. The predicted molar refractivity (Wildman–Crippen MR) is 129 cm³/mol. The number of furan rings is 1. The van der Waals surface area contributed by atoms with Gasteiger partial charge in [-0.1, -0.05) is 61.2 Å². The van der Waals surface area contributed by atoms with Gasteiger partial charge in [-0.2, -0.15) is 0 Å². The van der Waals surface area contributed by atoms with Gasteiger partial charge in [-0.3, -0.25) is 9.59 Å². The highest BCUT2D eigenvalue weighted by Gasteiger charge is 2.34. The summed E-state index contributed by atoms with van der Waals surface area (Å²) in [5, 5.41) is 3.16. The van der Waals surface area contributed by atoms with E-state index in [-0.39, 0.29) is 29.4 Å². The van der Waals surface area contributed by atoms with Crippen LogP contribution in [-0.4, -0.2) is 29.3 Å². The van der Waals surface area contributed by atoms with Gasteiger partial charge in [0.1, 0.15) is 11.9 Å². The molecule has 0 radical (unpaired) electrons. The monoisotopic (exact) mass is 462 g/mol. The number of rotatable bonds is 8. The summed E-state index contributed by atoms with van der Waals surface area (Å²) in [5.74, 6) is -0.839. The van der Waals surface area contributed by atoms with Crippen LogP contribution in [0.25, 0.3) is 0 Å². The first-order valence-electron chi connectivity index (χ1n) is 12.0. The van der Waals surface area contributed by atoms with E-state index in [0.29, 0.717) is 18.5 Å². The summed E-state index contributed by atoms with van der Waals surface area (Å²) < 4.78 is 19.1. The third-order valence-corrected chi connectivity index (χ3v) is 6.41. The second-order valence-electron chi connectivity index (χ2n) is 9.01. The number of carbonyl (C=O) groups is 2. The SMILES string of the molecule is Cc1cccc(CCN(C(=O)c2ccco2)C(C(=O)NC2CCCCC2)c2ccc(F)cc2)c1. The van der Waals surface area contributed by atoms with Gasteiger partial charge in [0.05, 0.1) is 6.26 Å². The van der Waals surface area contributed by atoms with Crippen LogP contribution in [0.4, 0.5) is 4.39 Å². The Hall–Kier alpha value is -3.41. The molecule has 1 aliphatic carbocycles. The Labute approximate surface area is 200 Å². The van der Waals surface area contributed by atoms with Crippen molar-refractivity contribution < 1.29 is 18.4 Å². The van der Waals surface area contributed by atoms with Crippen LogP contribution < -0.4 is 5.32 Å². The molecule has 1 unspecified atom stereocenters. The van der Waals surface area contributed by atoms with Crippen molar-refractivity contribution in [3.05, 3.63) is 95.2 Å². The van der Waals surface area contributed by atoms with Gasteiger partial charge in [0, 0.05) is 12.6 Å². The number of aryl methyl sites for hydroxylation is 1. The molecule has 1 atom stereocenters. The first kappa shape index (κ1) is 23.7. The number of nitrogens with zero attached hydrogens (tertiary/aromatic N) is 1. The van der Waals surface area contributed by atoms with E-state index in [1.807, 2.05) is 25.1 Å². The Morgan fingerprint density at radius 1 is 1.06 bits per heavy atom. The molecule has 1 N–H and O–H groups in total. The molecule has 178 valence electrons. The lowest BCUT2D eigenvalue weighted by molar-refractivity contribution is -0.126. The van der Waals surface area contributed by atoms with Crippen LogP contribution in [0.5, 0.6) is 0 Å². The third-order valence-electron chi connectivity index (χ3n) is 6.41. The van der Waals surface area contributed by atoms with Crippen molar-refractivity contribution in [3.63, 3.8) is 0 Å². The molecule has 0 spiro atoms. The average molecular weight is 463 g/mol. The molecule has 34 heavy (non-hydrogen) atoms. The summed E-state index contributed by atoms with van der Waals surface area (Å²) in [4.78, 5) is 28.7. The Morgan fingerprint density at radius 3 is 2.50 bits per heavy atom. The molecule has 1 saturated carbocycles. The summed E-state index contributed by atoms with van der Waals surface area (Å²) in [6, 6.07) is 16.3. The molecule has 0 bridgehead atoms. The zero-order valence-corrected chi connectivity index (χ0v) is 19.5. The average Bonchev–Trinajstić information content (AvgIpc) is 3.38. The summed E-state index contributed by atoms with van der Waals surface area (Å²) in [6.07, 6.45) is 7.20. The van der Waals surface area contributed by atoms with E-state index < -0.39 is 6.04 Å². The summed E-state index contributed by atoms with van der Waals surface area (Å²) >= 11 is 0. The third kappa shape index (κ3) is 5.93. The smallest absolute Gasteiger partial charge is 0.290 e. The highest BCUT2D eigenvalue weighted by molar-refractivity contribution is 5.96. The maximum atomic E-state index is 13.7. The van der Waals surface area contributed by atoms with E-state index in [2.05, 4.69) is 11.4 Å². The van der Waals surface area contributed by atoms with Crippen molar-refractivity contribution in [1.29, 1.82) is 0 Å². The molecule has 6 heteroatoms. The summed E-state index contributed by atoms with van der Waals surface area (Å²) in [5.41, 5.74) is 2.77. The van der Waals surface area contributed by atoms with Crippen LogP contribution in [0.2, 0.25) is 0 Å². The van der Waals surface area contributed by atoms with Gasteiger partial charge < -0.3 is 14.6 Å². The lowest BCUT2D eigenvalue weighted by Gasteiger charge is -2.33. The fourth-order valence-electron chi connectivity index (χ4n) is 4.65. The van der Waals surface area contributed by atoms with E-state index in [1.54, 1.807) is 29.2 Å². The molecule has 2 amide bonds. The minimum atomic E-state index is -0.898. The molecule has 3 aromatic rings. The normalized spacial score (nSPS) is 15.0. The fraction of sp³-hybridized carbons (Fsp3) is 0.357. The zero-order valence-electron chi connectivity index (χ0n) is 19.5. The van der Waals surface area contributed by atoms with E-state index in [1.165, 1.54) is 24.8 Å². The minimum absolute atomic E-state index is 0.0848. The number of hydrogen-bond donors (Lipinski definition) is 1. The van der Waals surface area contributed by atoms with Crippen LogP contribution in [0.15, 0.2) is 71.3 Å². The second-order valence-corrected chi connectivity index (χ2v) is 9.01. The molecule has 1 aliphatic rings. The number of hydrogen-bond acceptors (Lipinski definition) is 3. The lowest BCUT2D eigenvalue weighted by Crippen LogP contribution is -2.47. The van der Waals surface area contributed by atoms with Gasteiger partial charge in [0.15, 0.2) is 5.76 Å². The van der Waals surface area contributed by atoms with Crippen LogP contribution in [0.1, 0.15) is 65.4 Å². The molecule has 4 rings (SSSR count). The Balaban J connectivity index is 1.67. The molecule has 5 nitrogen and oxygen atoms in total. The zero-order chi connectivity index (χ0) is 23.9. The predicted octanol–water partition coefficient (Wildman–Crippen LogP) is 5.60. The van der Waals surface area contributed by atoms with Gasteiger partial charge in [0.25, 0.3) is 5.91 Å². The molecular weight excluding hydrogens is 431 g/mol. The highest BCUT2D eigenvalue weighted by Crippen LogP contribution is 2.26. The van der Waals surface area contributed by atoms with Gasteiger partial charge in [0.2, 0.25) is 5.91 Å². The second kappa shape index (κ2) is 11.1. The van der Waals surface area contributed by atoms with E-state index in [9.17, 15) is 14.0 Å². The fourth-order valence-corrected chi connectivity index (χ4v) is 4.65. The molecule has 1 fully saturated rings. The van der Waals surface area contributed by atoms with Crippen molar-refractivity contribution in [2.24, 2.45) is 0 Å². The van der Waals surface area contributed by atoms with Crippen molar-refractivity contribution in [3.8, 4) is 0 Å². The molecule has 0 aliphatic heterocycles. The van der Waals surface area contributed by atoms with Crippen molar-refractivity contribution in [2.45, 2.75) is 57.5 Å². The Bertz CT molecular complexity index is 1090. The molecule has 1 aromatic heterocycles. The standard InChI is InChI=1S/C28H31FN2O3/c1-20-7-5-8-21(19-20)16-17-31(28(33)25-11-6-18-34-25)26(22-12-14-23(29)15-13-22)27(32)30-24-9-3-2-4-10-24/h5-8,11-15,18-19,24,26H,2-4,9-10,16-17H2,1H3,(H,30,32). The highest BCUT2D eigenvalue weighted by atomic mass is 19.1. The molecule has 2 aromatic carbocycles. The van der Waals surface area contributed by atoms with Crippen molar-refractivity contribution in [2.75, 3.05) is 6.54 Å². The van der Waals surface area contributed by atoms with E-state index in [0.717, 1.165) is 36.8 Å². The van der Waals surface area contributed by atoms with Crippen LogP contribution in [0, 0.1) is 12.7 Å². The first-order chi connectivity index (χ1) is 16.5. The molecule has 0 saturated heterocycles. The van der Waals surface area contributed by atoms with Gasteiger partial charge >= 0.3 is 0 Å². The van der Waals surface area contributed by atoms with Gasteiger partial charge in [-0.05, 0) is 61.6 Å². The van der Waals surface area contributed by atoms with Crippen LogP contribution in [0.3, 0.4) is 0 Å². The Morgan fingerprint density at radius 2 is 1.82 bits per heavy atom. The number of halogens is 1. The maximum absolute atomic E-state index is 13.7. The largest absolute Gasteiger partial charge is 0.459 e. The first-order valence-corrected chi connectivity index (χ1v) is 12.0. The van der Waals surface area contributed by atoms with Gasteiger partial charge in [-0.15, -0.1) is 0 Å². The minimum Gasteiger partial charge on any atom is -0.459 e. The summed E-state index contributed by atoms with van der Waals surface area (Å²) in [7, 11) is 0. The topological polar surface area (TPSA) is 62.6 Å². The number of carbonyl (C=O) groups excluding carboxylic acids is 2. The van der Waals surface area contributed by atoms with Crippen LogP contribution in [-0.2, 0) is 11.2 Å². The number of benzene rings is 2. The number of amides is 2. The quantitative estimate of drug-likeness (QED) is 0.474. The van der Waals surface area contributed by atoms with E-state index in [4.69, 9.17) is 4.42 Å². The van der Waals surface area contributed by atoms with Crippen molar-refractivity contribution >= 4 is 11.8 Å². The van der Waals surface area contributed by atoms with Crippen molar-refractivity contribution in [1.82, 2.24) is 10.2 Å².